The van der Waals surface area contributed by atoms with Gasteiger partial charge in [-0.1, -0.05) is 12.1 Å². The summed E-state index contributed by atoms with van der Waals surface area (Å²) in [7, 11) is 3.13. The molecule has 3 heterocycles. The van der Waals surface area contributed by atoms with Crippen LogP contribution in [-0.4, -0.2) is 44.6 Å². The van der Waals surface area contributed by atoms with Gasteiger partial charge in [0.15, 0.2) is 23.1 Å². The van der Waals surface area contributed by atoms with Crippen molar-refractivity contribution in [3.63, 3.8) is 0 Å². The van der Waals surface area contributed by atoms with Crippen molar-refractivity contribution >= 4 is 39.1 Å². The second-order valence-corrected chi connectivity index (χ2v) is 6.62. The highest BCUT2D eigenvalue weighted by Gasteiger charge is 2.15. The van der Waals surface area contributed by atoms with Gasteiger partial charge in [0.1, 0.15) is 11.0 Å². The summed E-state index contributed by atoms with van der Waals surface area (Å²) in [6.45, 7) is 0. The summed E-state index contributed by atoms with van der Waals surface area (Å²) in [5.74, 6) is 2.18. The molecule has 150 valence electrons. The van der Waals surface area contributed by atoms with Gasteiger partial charge in [-0.15, -0.1) is 0 Å². The van der Waals surface area contributed by atoms with E-state index in [4.69, 9.17) is 20.2 Å². The minimum absolute atomic E-state index is 0.486. The second-order valence-electron chi connectivity index (χ2n) is 6.62. The summed E-state index contributed by atoms with van der Waals surface area (Å²) in [5, 5.41) is 18.3. The molecule has 0 radical (unpaired) electrons. The molecule has 0 saturated carbocycles. The Morgan fingerprint density at radius 3 is 2.57 bits per heavy atom. The van der Waals surface area contributed by atoms with Gasteiger partial charge >= 0.3 is 0 Å². The molecule has 2 aromatic carbocycles. The van der Waals surface area contributed by atoms with Crippen molar-refractivity contribution in [2.24, 2.45) is 0 Å². The molecule has 5 aromatic rings. The molecule has 0 spiro atoms. The lowest BCUT2D eigenvalue weighted by Gasteiger charge is -2.14. The molecular weight excluding hydrogens is 384 g/mol. The van der Waals surface area contributed by atoms with Crippen molar-refractivity contribution < 1.29 is 9.47 Å². The summed E-state index contributed by atoms with van der Waals surface area (Å²) in [4.78, 5) is 9.34. The summed E-state index contributed by atoms with van der Waals surface area (Å²) in [5.41, 5.74) is 10.4. The number of rotatable bonds is 5. The number of nitrogens with zero attached hydrogens (tertiary/aromatic N) is 4. The third-order valence-corrected chi connectivity index (χ3v) is 4.81. The predicted molar refractivity (Wildman–Crippen MR) is 114 cm³/mol. The molecular formula is C20H18N8O2. The van der Waals surface area contributed by atoms with Gasteiger partial charge in [0.2, 0.25) is 0 Å². The smallest absolute Gasteiger partial charge is 0.162 e. The van der Waals surface area contributed by atoms with Crippen molar-refractivity contribution in [1.82, 2.24) is 30.4 Å². The zero-order valence-electron chi connectivity index (χ0n) is 16.2. The standard InChI is InChI=1S/C20H18N8O2/c1-29-16-6-12(21)14(7-17(16)30-2)24-20-18-15(9-23-28-18)25-19(26-20)10-3-4-11-8-22-27-13(11)5-10/h3-9H,21H2,1-2H3,(H,22,27)(H,23,28)(H,24,25,26). The molecule has 0 bridgehead atoms. The van der Waals surface area contributed by atoms with Gasteiger partial charge < -0.3 is 20.5 Å². The van der Waals surface area contributed by atoms with Crippen LogP contribution in [0.4, 0.5) is 17.2 Å². The fourth-order valence-electron chi connectivity index (χ4n) is 3.27. The molecule has 0 aliphatic rings. The van der Waals surface area contributed by atoms with Crippen LogP contribution in [0.5, 0.6) is 11.5 Å². The molecule has 30 heavy (non-hydrogen) atoms. The number of hydrogen-bond donors (Lipinski definition) is 4. The molecule has 0 unspecified atom stereocenters. The van der Waals surface area contributed by atoms with Gasteiger partial charge in [0.05, 0.1) is 43.5 Å². The Bertz CT molecular complexity index is 1370. The van der Waals surface area contributed by atoms with E-state index in [1.165, 1.54) is 0 Å². The molecule has 0 saturated heterocycles. The molecule has 10 heteroatoms. The first-order valence-corrected chi connectivity index (χ1v) is 9.09. The molecule has 3 aromatic heterocycles. The molecule has 0 amide bonds. The van der Waals surface area contributed by atoms with Crippen molar-refractivity contribution in [1.29, 1.82) is 0 Å². The minimum Gasteiger partial charge on any atom is -0.493 e. The summed E-state index contributed by atoms with van der Waals surface area (Å²) in [6, 6.07) is 9.33. The quantitative estimate of drug-likeness (QED) is 0.329. The number of nitrogens with two attached hydrogens (primary N) is 1. The van der Waals surface area contributed by atoms with Crippen molar-refractivity contribution in [2.45, 2.75) is 0 Å². The Labute approximate surface area is 170 Å². The van der Waals surface area contributed by atoms with E-state index in [-0.39, 0.29) is 0 Å². The lowest BCUT2D eigenvalue weighted by Crippen LogP contribution is -2.03. The Balaban J connectivity index is 1.62. The number of anilines is 3. The van der Waals surface area contributed by atoms with Crippen LogP contribution in [-0.2, 0) is 0 Å². The van der Waals surface area contributed by atoms with Crippen molar-refractivity contribution in [2.75, 3.05) is 25.3 Å². The lowest BCUT2D eigenvalue weighted by molar-refractivity contribution is 0.355. The van der Waals surface area contributed by atoms with Crippen LogP contribution in [0.2, 0.25) is 0 Å². The van der Waals surface area contributed by atoms with Crippen LogP contribution in [0, 0.1) is 0 Å². The van der Waals surface area contributed by atoms with E-state index >= 15 is 0 Å². The first kappa shape index (κ1) is 17.7. The summed E-state index contributed by atoms with van der Waals surface area (Å²) >= 11 is 0. The van der Waals surface area contributed by atoms with E-state index in [0.717, 1.165) is 16.5 Å². The third kappa shape index (κ3) is 2.91. The fraction of sp³-hybridized carbons (Fsp3) is 0.100. The van der Waals surface area contributed by atoms with E-state index in [0.29, 0.717) is 45.5 Å². The Morgan fingerprint density at radius 1 is 0.933 bits per heavy atom. The first-order valence-electron chi connectivity index (χ1n) is 9.09. The maximum absolute atomic E-state index is 6.21. The van der Waals surface area contributed by atoms with Gasteiger partial charge in [-0.2, -0.15) is 10.2 Å². The fourth-order valence-corrected chi connectivity index (χ4v) is 3.27. The Kier molecular flexibility index (Phi) is 4.09. The predicted octanol–water partition coefficient (Wildman–Crippen LogP) is 3.24. The number of aromatic amines is 2. The molecule has 0 atom stereocenters. The normalized spacial score (nSPS) is 11.1. The van der Waals surface area contributed by atoms with Crippen LogP contribution < -0.4 is 20.5 Å². The number of nitrogens with one attached hydrogen (secondary N) is 3. The lowest BCUT2D eigenvalue weighted by atomic mass is 10.1. The third-order valence-electron chi connectivity index (χ3n) is 4.81. The molecule has 0 aliphatic heterocycles. The number of benzene rings is 2. The number of aromatic nitrogens is 6. The summed E-state index contributed by atoms with van der Waals surface area (Å²) in [6.07, 6.45) is 3.42. The SMILES string of the molecule is COc1cc(N)c(Nc2nc(-c3ccc4cn[nH]c4c3)nc3cn[nH]c23)cc1OC. The van der Waals surface area contributed by atoms with Crippen LogP contribution in [0.1, 0.15) is 0 Å². The monoisotopic (exact) mass is 402 g/mol. The molecule has 0 aliphatic carbocycles. The van der Waals surface area contributed by atoms with Gasteiger partial charge in [-0.05, 0) is 6.07 Å². The van der Waals surface area contributed by atoms with Gasteiger partial charge in [0, 0.05) is 23.1 Å². The number of ether oxygens (including phenoxy) is 2. The number of hydrogen-bond acceptors (Lipinski definition) is 8. The number of fused-ring (bicyclic) bond motifs is 2. The largest absolute Gasteiger partial charge is 0.493 e. The molecule has 5 N–H and O–H groups in total. The average molecular weight is 402 g/mol. The molecule has 5 rings (SSSR count). The van der Waals surface area contributed by atoms with Gasteiger partial charge in [-0.25, -0.2) is 9.97 Å². The highest BCUT2D eigenvalue weighted by atomic mass is 16.5. The van der Waals surface area contributed by atoms with Gasteiger partial charge in [0.25, 0.3) is 0 Å². The van der Waals surface area contributed by atoms with E-state index < -0.39 is 0 Å². The second kappa shape index (κ2) is 6.92. The van der Waals surface area contributed by atoms with Crippen molar-refractivity contribution in [3.8, 4) is 22.9 Å². The van der Waals surface area contributed by atoms with Crippen molar-refractivity contribution in [3.05, 3.63) is 42.7 Å². The summed E-state index contributed by atoms with van der Waals surface area (Å²) < 4.78 is 10.7. The number of nitrogen functional groups attached to an aromatic ring is 1. The Morgan fingerprint density at radius 2 is 1.73 bits per heavy atom. The number of methoxy groups -OCH3 is 2. The van der Waals surface area contributed by atoms with Crippen LogP contribution >= 0.6 is 0 Å². The zero-order chi connectivity index (χ0) is 20.7. The van der Waals surface area contributed by atoms with E-state index in [1.54, 1.807) is 38.7 Å². The van der Waals surface area contributed by atoms with E-state index in [9.17, 15) is 0 Å². The number of H-pyrrole nitrogens is 2. The van der Waals surface area contributed by atoms with E-state index in [2.05, 4.69) is 30.7 Å². The highest BCUT2D eigenvalue weighted by Crippen LogP contribution is 2.37. The first-order chi connectivity index (χ1) is 14.7. The van der Waals surface area contributed by atoms with Crippen LogP contribution in [0.3, 0.4) is 0 Å². The highest BCUT2D eigenvalue weighted by molar-refractivity contribution is 5.91. The zero-order valence-corrected chi connectivity index (χ0v) is 16.2. The average Bonchev–Trinajstić information content (AvgIpc) is 3.43. The maximum atomic E-state index is 6.21. The van der Waals surface area contributed by atoms with E-state index in [1.807, 2.05) is 18.2 Å². The van der Waals surface area contributed by atoms with Crippen LogP contribution in [0.15, 0.2) is 42.7 Å². The Hall–Kier alpha value is -4.34. The van der Waals surface area contributed by atoms with Gasteiger partial charge in [-0.3, -0.25) is 10.2 Å². The topological polar surface area (TPSA) is 140 Å². The minimum atomic E-state index is 0.486. The van der Waals surface area contributed by atoms with Crippen LogP contribution in [0.25, 0.3) is 33.3 Å². The maximum Gasteiger partial charge on any atom is 0.162 e. The molecule has 10 nitrogen and oxygen atoms in total. The molecule has 0 fully saturated rings.